The molecule has 1 aliphatic heterocycles. The van der Waals surface area contributed by atoms with E-state index in [1.165, 1.54) is 16.9 Å². The van der Waals surface area contributed by atoms with Crippen molar-refractivity contribution in [1.82, 2.24) is 10.2 Å². The Labute approximate surface area is 178 Å². The number of nitrogens with zero attached hydrogens (tertiary/aromatic N) is 1. The van der Waals surface area contributed by atoms with Crippen LogP contribution in [0.3, 0.4) is 0 Å². The van der Waals surface area contributed by atoms with Crippen LogP contribution in [0, 0.1) is 11.8 Å². The average molecular weight is 413 g/mol. The number of carbonyl (C=O) groups excluding carboxylic acids is 2. The Morgan fingerprint density at radius 1 is 1.00 bits per heavy atom. The molecule has 2 amide bonds. The number of likely N-dealkylation sites (tertiary alicyclic amines) is 1. The summed E-state index contributed by atoms with van der Waals surface area (Å²) in [5.74, 6) is 0.967. The van der Waals surface area contributed by atoms with E-state index in [4.69, 9.17) is 0 Å². The Morgan fingerprint density at radius 2 is 1.62 bits per heavy atom. The lowest BCUT2D eigenvalue weighted by Gasteiger charge is -2.33. The predicted octanol–water partition coefficient (Wildman–Crippen LogP) is 5.24. The number of nitrogens with one attached hydrogen (secondary N) is 1. The Hall–Kier alpha value is -2.14. The van der Waals surface area contributed by atoms with Gasteiger partial charge in [0.15, 0.2) is 0 Å². The van der Waals surface area contributed by atoms with Crippen LogP contribution in [0.5, 0.6) is 0 Å². The molecule has 0 spiro atoms. The first-order valence-corrected chi connectivity index (χ1v) is 11.5. The number of piperidine rings is 1. The summed E-state index contributed by atoms with van der Waals surface area (Å²) >= 11 is 1.54. The fourth-order valence-corrected chi connectivity index (χ4v) is 4.54. The van der Waals surface area contributed by atoms with Gasteiger partial charge in [0.25, 0.3) is 5.91 Å². The standard InChI is InChI=1S/C24H32N2O2S/c1-16(2)18-5-7-19(8-6-18)22(17(3)4)25-23(27)20-9-12-26(13-10-20)24(28)21-11-14-29-15-21/h5-8,11,14-17,20,22H,9-10,12-13H2,1-4H3,(H,25,27)/t22-/m1/s1. The zero-order valence-electron chi connectivity index (χ0n) is 17.9. The monoisotopic (exact) mass is 412 g/mol. The van der Waals surface area contributed by atoms with Gasteiger partial charge in [-0.1, -0.05) is 52.0 Å². The van der Waals surface area contributed by atoms with Crippen molar-refractivity contribution in [3.8, 4) is 0 Å². The molecule has 1 fully saturated rings. The molecule has 1 atom stereocenters. The van der Waals surface area contributed by atoms with Crippen molar-refractivity contribution in [2.75, 3.05) is 13.1 Å². The van der Waals surface area contributed by atoms with Crippen LogP contribution in [0.4, 0.5) is 0 Å². The van der Waals surface area contributed by atoms with Gasteiger partial charge in [-0.05, 0) is 47.3 Å². The van der Waals surface area contributed by atoms with E-state index in [2.05, 4.69) is 57.3 Å². The van der Waals surface area contributed by atoms with Gasteiger partial charge in [0.05, 0.1) is 11.6 Å². The minimum absolute atomic E-state index is 0.00850. The zero-order chi connectivity index (χ0) is 21.0. The summed E-state index contributed by atoms with van der Waals surface area (Å²) < 4.78 is 0. The molecule has 0 bridgehead atoms. The van der Waals surface area contributed by atoms with Gasteiger partial charge in [0.2, 0.25) is 5.91 Å². The van der Waals surface area contributed by atoms with Crippen LogP contribution in [0.1, 0.15) is 74.0 Å². The topological polar surface area (TPSA) is 49.4 Å². The van der Waals surface area contributed by atoms with Gasteiger partial charge in [0, 0.05) is 24.4 Å². The van der Waals surface area contributed by atoms with E-state index >= 15 is 0 Å². The van der Waals surface area contributed by atoms with Crippen LogP contribution in [-0.4, -0.2) is 29.8 Å². The maximum absolute atomic E-state index is 13.0. The minimum Gasteiger partial charge on any atom is -0.349 e. The lowest BCUT2D eigenvalue weighted by Crippen LogP contribution is -2.44. The van der Waals surface area contributed by atoms with E-state index in [0.29, 0.717) is 24.9 Å². The van der Waals surface area contributed by atoms with E-state index in [-0.39, 0.29) is 23.8 Å². The zero-order valence-corrected chi connectivity index (χ0v) is 18.7. The summed E-state index contributed by atoms with van der Waals surface area (Å²) in [6.45, 7) is 9.94. The molecule has 0 saturated carbocycles. The summed E-state index contributed by atoms with van der Waals surface area (Å²) in [7, 11) is 0. The molecule has 0 radical (unpaired) electrons. The molecule has 1 N–H and O–H groups in total. The third kappa shape index (κ3) is 5.27. The van der Waals surface area contributed by atoms with Gasteiger partial charge in [-0.15, -0.1) is 0 Å². The largest absolute Gasteiger partial charge is 0.349 e. The van der Waals surface area contributed by atoms with Gasteiger partial charge in [0.1, 0.15) is 0 Å². The van der Waals surface area contributed by atoms with E-state index in [1.807, 2.05) is 21.7 Å². The molecule has 2 heterocycles. The summed E-state index contributed by atoms with van der Waals surface area (Å²) in [5, 5.41) is 7.09. The van der Waals surface area contributed by atoms with Crippen molar-refractivity contribution < 1.29 is 9.59 Å². The van der Waals surface area contributed by atoms with Crippen LogP contribution in [0.15, 0.2) is 41.1 Å². The van der Waals surface area contributed by atoms with Crippen molar-refractivity contribution in [2.24, 2.45) is 11.8 Å². The SMILES string of the molecule is CC(C)c1ccc([C@H](NC(=O)C2CCN(C(=O)c3ccsc3)CC2)C(C)C)cc1. The number of hydrogen-bond donors (Lipinski definition) is 1. The quantitative estimate of drug-likeness (QED) is 0.706. The minimum atomic E-state index is -0.0299. The number of hydrogen-bond acceptors (Lipinski definition) is 3. The van der Waals surface area contributed by atoms with Gasteiger partial charge >= 0.3 is 0 Å². The molecule has 1 aliphatic rings. The predicted molar refractivity (Wildman–Crippen MR) is 119 cm³/mol. The van der Waals surface area contributed by atoms with Gasteiger partial charge in [-0.3, -0.25) is 9.59 Å². The Bertz CT molecular complexity index is 804. The smallest absolute Gasteiger partial charge is 0.254 e. The molecule has 2 aromatic rings. The van der Waals surface area contributed by atoms with E-state index < -0.39 is 0 Å². The molecule has 4 nitrogen and oxygen atoms in total. The van der Waals surface area contributed by atoms with Crippen molar-refractivity contribution in [3.63, 3.8) is 0 Å². The van der Waals surface area contributed by atoms with Gasteiger partial charge in [-0.25, -0.2) is 0 Å². The molecular weight excluding hydrogens is 380 g/mol. The maximum atomic E-state index is 13.0. The number of benzene rings is 1. The summed E-state index contributed by atoms with van der Waals surface area (Å²) in [4.78, 5) is 27.3. The second kappa shape index (κ2) is 9.57. The number of carbonyl (C=O) groups is 2. The molecule has 1 aromatic carbocycles. The van der Waals surface area contributed by atoms with Crippen LogP contribution in [0.2, 0.25) is 0 Å². The molecular formula is C24H32N2O2S. The average Bonchev–Trinajstić information content (AvgIpc) is 3.26. The van der Waals surface area contributed by atoms with Gasteiger partial charge in [-0.2, -0.15) is 11.3 Å². The first kappa shape index (κ1) is 21.6. The fraction of sp³-hybridized carbons (Fsp3) is 0.500. The van der Waals surface area contributed by atoms with E-state index in [1.54, 1.807) is 0 Å². The molecule has 0 aliphatic carbocycles. The second-order valence-corrected chi connectivity index (χ2v) is 9.41. The third-order valence-corrected chi connectivity index (χ3v) is 6.53. The third-order valence-electron chi connectivity index (χ3n) is 5.85. The number of rotatable bonds is 6. The van der Waals surface area contributed by atoms with E-state index in [0.717, 1.165) is 24.0 Å². The Kier molecular flexibility index (Phi) is 7.12. The van der Waals surface area contributed by atoms with Gasteiger partial charge < -0.3 is 10.2 Å². The molecule has 5 heteroatoms. The van der Waals surface area contributed by atoms with Crippen LogP contribution < -0.4 is 5.32 Å². The highest BCUT2D eigenvalue weighted by atomic mass is 32.1. The Balaban J connectivity index is 1.59. The summed E-state index contributed by atoms with van der Waals surface area (Å²) in [6, 6.07) is 10.5. The van der Waals surface area contributed by atoms with Crippen molar-refractivity contribution in [1.29, 1.82) is 0 Å². The van der Waals surface area contributed by atoms with E-state index in [9.17, 15) is 9.59 Å². The highest BCUT2D eigenvalue weighted by Gasteiger charge is 2.30. The molecule has 29 heavy (non-hydrogen) atoms. The summed E-state index contributed by atoms with van der Waals surface area (Å²) in [5.41, 5.74) is 3.22. The highest BCUT2D eigenvalue weighted by Crippen LogP contribution is 2.26. The second-order valence-electron chi connectivity index (χ2n) is 8.63. The van der Waals surface area contributed by atoms with Crippen molar-refractivity contribution >= 4 is 23.2 Å². The molecule has 156 valence electrons. The van der Waals surface area contributed by atoms with Crippen LogP contribution in [-0.2, 0) is 4.79 Å². The molecule has 3 rings (SSSR count). The highest BCUT2D eigenvalue weighted by molar-refractivity contribution is 7.08. The molecule has 1 saturated heterocycles. The Morgan fingerprint density at radius 3 is 2.14 bits per heavy atom. The van der Waals surface area contributed by atoms with Crippen molar-refractivity contribution in [3.05, 3.63) is 57.8 Å². The first-order valence-electron chi connectivity index (χ1n) is 10.6. The normalized spacial score (nSPS) is 16.3. The molecule has 1 aromatic heterocycles. The van der Waals surface area contributed by atoms with Crippen molar-refractivity contribution in [2.45, 2.75) is 52.5 Å². The summed E-state index contributed by atoms with van der Waals surface area (Å²) in [6.07, 6.45) is 1.44. The number of thiophene rings is 1. The van der Waals surface area contributed by atoms with Crippen LogP contribution >= 0.6 is 11.3 Å². The van der Waals surface area contributed by atoms with Crippen LogP contribution in [0.25, 0.3) is 0 Å². The first-order chi connectivity index (χ1) is 13.9. The lowest BCUT2D eigenvalue weighted by atomic mass is 9.91. The fourth-order valence-electron chi connectivity index (χ4n) is 3.91. The number of amides is 2. The lowest BCUT2D eigenvalue weighted by molar-refractivity contribution is -0.127. The molecule has 0 unspecified atom stereocenters. The maximum Gasteiger partial charge on any atom is 0.254 e.